The van der Waals surface area contributed by atoms with Crippen molar-refractivity contribution in [2.75, 3.05) is 18.0 Å². The smallest absolute Gasteiger partial charge is 0.387 e. The first-order valence-electron chi connectivity index (χ1n) is 6.65. The Bertz CT molecular complexity index is 414. The van der Waals surface area contributed by atoms with Gasteiger partial charge in [0.05, 0.1) is 5.69 Å². The van der Waals surface area contributed by atoms with Gasteiger partial charge in [0.25, 0.3) is 0 Å². The van der Waals surface area contributed by atoms with Crippen LogP contribution in [0, 0.1) is 0 Å². The highest BCUT2D eigenvalue weighted by atomic mass is 19.3. The highest BCUT2D eigenvalue weighted by Crippen LogP contribution is 2.31. The van der Waals surface area contributed by atoms with Crippen molar-refractivity contribution in [3.8, 4) is 5.75 Å². The Morgan fingerprint density at radius 2 is 2.16 bits per heavy atom. The van der Waals surface area contributed by atoms with E-state index in [0.717, 1.165) is 25.2 Å². The van der Waals surface area contributed by atoms with Crippen LogP contribution in [0.15, 0.2) is 24.3 Å². The van der Waals surface area contributed by atoms with Crippen molar-refractivity contribution in [2.24, 2.45) is 0 Å². The molecule has 1 aromatic rings. The van der Waals surface area contributed by atoms with E-state index in [4.69, 9.17) is 0 Å². The fourth-order valence-corrected chi connectivity index (χ4v) is 2.43. The number of benzene rings is 1. The second-order valence-corrected chi connectivity index (χ2v) is 4.86. The SMILES string of the molecule is CCC1CN(c2ccccc2OC(F)F)C(C)CN1. The number of nitrogens with one attached hydrogen (secondary N) is 1. The van der Waals surface area contributed by atoms with Crippen LogP contribution in [0.2, 0.25) is 0 Å². The first kappa shape index (κ1) is 14.1. The van der Waals surface area contributed by atoms with Crippen molar-refractivity contribution in [1.82, 2.24) is 5.32 Å². The number of halogens is 2. The van der Waals surface area contributed by atoms with E-state index < -0.39 is 6.61 Å². The maximum absolute atomic E-state index is 12.5. The van der Waals surface area contributed by atoms with Crippen LogP contribution in [0.3, 0.4) is 0 Å². The molecule has 0 amide bonds. The summed E-state index contributed by atoms with van der Waals surface area (Å²) in [6.07, 6.45) is 1.01. The Labute approximate surface area is 112 Å². The quantitative estimate of drug-likeness (QED) is 0.910. The van der Waals surface area contributed by atoms with Crippen molar-refractivity contribution in [1.29, 1.82) is 0 Å². The van der Waals surface area contributed by atoms with Crippen molar-refractivity contribution in [3.63, 3.8) is 0 Å². The van der Waals surface area contributed by atoms with E-state index in [1.165, 1.54) is 0 Å². The molecule has 5 heteroatoms. The zero-order valence-corrected chi connectivity index (χ0v) is 11.3. The highest BCUT2D eigenvalue weighted by molar-refractivity contribution is 5.59. The number of hydrogen-bond acceptors (Lipinski definition) is 3. The molecule has 1 saturated heterocycles. The molecule has 0 spiro atoms. The second kappa shape index (κ2) is 6.19. The van der Waals surface area contributed by atoms with Gasteiger partial charge in [0.1, 0.15) is 5.75 Å². The first-order valence-corrected chi connectivity index (χ1v) is 6.65. The Hall–Kier alpha value is -1.36. The van der Waals surface area contributed by atoms with Crippen molar-refractivity contribution >= 4 is 5.69 Å². The molecule has 0 saturated carbocycles. The van der Waals surface area contributed by atoms with Crippen LogP contribution >= 0.6 is 0 Å². The number of piperazine rings is 1. The molecule has 0 aromatic heterocycles. The van der Waals surface area contributed by atoms with Gasteiger partial charge in [0.2, 0.25) is 0 Å². The predicted octanol–water partition coefficient (Wildman–Crippen LogP) is 2.86. The molecule has 2 atom stereocenters. The molecule has 1 N–H and O–H groups in total. The molecule has 2 unspecified atom stereocenters. The number of rotatable bonds is 4. The number of hydrogen-bond donors (Lipinski definition) is 1. The molecule has 3 nitrogen and oxygen atoms in total. The summed E-state index contributed by atoms with van der Waals surface area (Å²) >= 11 is 0. The molecule has 106 valence electrons. The maximum atomic E-state index is 12.5. The molecule has 0 radical (unpaired) electrons. The van der Waals surface area contributed by atoms with Crippen LogP contribution in [0.25, 0.3) is 0 Å². The monoisotopic (exact) mass is 270 g/mol. The molecular weight excluding hydrogens is 250 g/mol. The average Bonchev–Trinajstić information content (AvgIpc) is 2.40. The fourth-order valence-electron chi connectivity index (χ4n) is 2.43. The summed E-state index contributed by atoms with van der Waals surface area (Å²) in [5.41, 5.74) is 0.746. The molecule has 1 aliphatic heterocycles. The third kappa shape index (κ3) is 3.35. The van der Waals surface area contributed by atoms with E-state index >= 15 is 0 Å². The minimum Gasteiger partial charge on any atom is -0.433 e. The number of ether oxygens (including phenoxy) is 1. The number of anilines is 1. The fraction of sp³-hybridized carbons (Fsp3) is 0.571. The third-order valence-electron chi connectivity index (χ3n) is 3.53. The summed E-state index contributed by atoms with van der Waals surface area (Å²) < 4.78 is 29.5. The minimum absolute atomic E-state index is 0.251. The Morgan fingerprint density at radius 3 is 2.84 bits per heavy atom. The predicted molar refractivity (Wildman–Crippen MR) is 72.0 cm³/mol. The molecular formula is C14H20F2N2O. The van der Waals surface area contributed by atoms with Gasteiger partial charge in [-0.15, -0.1) is 0 Å². The Morgan fingerprint density at radius 1 is 1.42 bits per heavy atom. The summed E-state index contributed by atoms with van der Waals surface area (Å²) in [7, 11) is 0. The summed E-state index contributed by atoms with van der Waals surface area (Å²) in [4.78, 5) is 2.14. The number of nitrogens with zero attached hydrogens (tertiary/aromatic N) is 1. The van der Waals surface area contributed by atoms with Gasteiger partial charge in [0.15, 0.2) is 0 Å². The van der Waals surface area contributed by atoms with E-state index in [2.05, 4.69) is 28.8 Å². The first-order chi connectivity index (χ1) is 9.11. The van der Waals surface area contributed by atoms with Crippen molar-refractivity contribution < 1.29 is 13.5 Å². The van der Waals surface area contributed by atoms with E-state index in [9.17, 15) is 8.78 Å². The molecule has 1 fully saturated rings. The van der Waals surface area contributed by atoms with Crippen molar-refractivity contribution in [2.45, 2.75) is 39.0 Å². The lowest BCUT2D eigenvalue weighted by Gasteiger charge is -2.40. The van der Waals surface area contributed by atoms with Gasteiger partial charge < -0.3 is 15.0 Å². The van der Waals surface area contributed by atoms with Crippen LogP contribution < -0.4 is 15.0 Å². The van der Waals surface area contributed by atoms with E-state index in [0.29, 0.717) is 6.04 Å². The summed E-state index contributed by atoms with van der Waals surface area (Å²) in [6, 6.07) is 7.64. The van der Waals surface area contributed by atoms with Crippen LogP contribution in [0.4, 0.5) is 14.5 Å². The summed E-state index contributed by atoms with van der Waals surface area (Å²) in [5, 5.41) is 3.45. The zero-order valence-electron chi connectivity index (χ0n) is 11.3. The largest absolute Gasteiger partial charge is 0.433 e. The lowest BCUT2D eigenvalue weighted by Crippen LogP contribution is -2.55. The summed E-state index contributed by atoms with van der Waals surface area (Å²) in [5.74, 6) is 0.251. The lowest BCUT2D eigenvalue weighted by molar-refractivity contribution is -0.0495. The van der Waals surface area contributed by atoms with E-state index in [1.54, 1.807) is 12.1 Å². The van der Waals surface area contributed by atoms with Gasteiger partial charge in [-0.1, -0.05) is 19.1 Å². The van der Waals surface area contributed by atoms with E-state index in [1.807, 2.05) is 12.1 Å². The summed E-state index contributed by atoms with van der Waals surface area (Å²) in [6.45, 7) is 3.06. The van der Waals surface area contributed by atoms with Gasteiger partial charge >= 0.3 is 6.61 Å². The number of alkyl halides is 2. The molecule has 1 heterocycles. The molecule has 2 rings (SSSR count). The third-order valence-corrected chi connectivity index (χ3v) is 3.53. The van der Waals surface area contributed by atoms with E-state index in [-0.39, 0.29) is 11.8 Å². The molecule has 1 aromatic carbocycles. The Kier molecular flexibility index (Phi) is 4.58. The topological polar surface area (TPSA) is 24.5 Å². The molecule has 0 bridgehead atoms. The van der Waals surface area contributed by atoms with Gasteiger partial charge in [-0.3, -0.25) is 0 Å². The average molecular weight is 270 g/mol. The van der Waals surface area contributed by atoms with Gasteiger partial charge in [-0.2, -0.15) is 8.78 Å². The van der Waals surface area contributed by atoms with Gasteiger partial charge in [0, 0.05) is 25.2 Å². The number of para-hydroxylation sites is 2. The molecule has 0 aliphatic carbocycles. The van der Waals surface area contributed by atoms with Gasteiger partial charge in [-0.05, 0) is 25.5 Å². The maximum Gasteiger partial charge on any atom is 0.387 e. The lowest BCUT2D eigenvalue weighted by atomic mass is 10.1. The minimum atomic E-state index is -2.79. The van der Waals surface area contributed by atoms with Crippen LogP contribution in [0.5, 0.6) is 5.75 Å². The van der Waals surface area contributed by atoms with Gasteiger partial charge in [-0.25, -0.2) is 0 Å². The highest BCUT2D eigenvalue weighted by Gasteiger charge is 2.26. The second-order valence-electron chi connectivity index (χ2n) is 4.86. The van der Waals surface area contributed by atoms with Crippen molar-refractivity contribution in [3.05, 3.63) is 24.3 Å². The van der Waals surface area contributed by atoms with Crippen LogP contribution in [0.1, 0.15) is 20.3 Å². The normalized spacial score (nSPS) is 23.7. The molecule has 1 aliphatic rings. The van der Waals surface area contributed by atoms with Crippen LogP contribution in [-0.4, -0.2) is 31.8 Å². The zero-order chi connectivity index (χ0) is 13.8. The standard InChI is InChI=1S/C14H20F2N2O/c1-3-11-9-18(10(2)8-17-11)12-6-4-5-7-13(12)19-14(15)16/h4-7,10-11,14,17H,3,8-9H2,1-2H3. The van der Waals surface area contributed by atoms with Crippen LogP contribution in [-0.2, 0) is 0 Å². The Balaban J connectivity index is 2.23. The molecule has 19 heavy (non-hydrogen) atoms.